The number of thiophene rings is 1. The Hall–Kier alpha value is -0.580. The van der Waals surface area contributed by atoms with Gasteiger partial charge in [0.25, 0.3) is 0 Å². The molecule has 2 rings (SSSR count). The van der Waals surface area contributed by atoms with Crippen molar-refractivity contribution in [2.75, 3.05) is 0 Å². The summed E-state index contributed by atoms with van der Waals surface area (Å²) in [5.74, 6) is 5.65. The molecule has 1 aromatic heterocycles. The molecule has 0 bridgehead atoms. The average Bonchev–Trinajstić information content (AvgIpc) is 2.70. The standard InChI is InChI=1S/C14H16Cl2N2S/c1-8-3-4-10(5-9(8)2)6-12(18-17)11-7-13(15)19-14(11)16/h3-5,7,12,18H,6,17H2,1-2H3. The number of hydrogen-bond acceptors (Lipinski definition) is 3. The van der Waals surface area contributed by atoms with Gasteiger partial charge in [0.05, 0.1) is 14.7 Å². The zero-order chi connectivity index (χ0) is 14.0. The van der Waals surface area contributed by atoms with Crippen LogP contribution in [0.25, 0.3) is 0 Å². The van der Waals surface area contributed by atoms with E-state index in [0.717, 1.165) is 12.0 Å². The molecule has 2 nitrogen and oxygen atoms in total. The fraction of sp³-hybridized carbons (Fsp3) is 0.286. The Morgan fingerprint density at radius 3 is 2.47 bits per heavy atom. The number of hydrazine groups is 1. The van der Waals surface area contributed by atoms with Gasteiger partial charge in [-0.25, -0.2) is 0 Å². The number of benzene rings is 1. The maximum Gasteiger partial charge on any atom is 0.0992 e. The van der Waals surface area contributed by atoms with E-state index in [2.05, 4.69) is 37.5 Å². The van der Waals surface area contributed by atoms with E-state index in [1.165, 1.54) is 28.0 Å². The normalized spacial score (nSPS) is 12.7. The summed E-state index contributed by atoms with van der Waals surface area (Å²) in [5, 5.41) is 0. The molecule has 0 aliphatic heterocycles. The second-order valence-corrected chi connectivity index (χ2v) is 6.91. The van der Waals surface area contributed by atoms with Gasteiger partial charge in [0.15, 0.2) is 0 Å². The van der Waals surface area contributed by atoms with Gasteiger partial charge in [-0.1, -0.05) is 41.4 Å². The van der Waals surface area contributed by atoms with Crippen LogP contribution in [0.15, 0.2) is 24.3 Å². The largest absolute Gasteiger partial charge is 0.271 e. The van der Waals surface area contributed by atoms with Crippen LogP contribution < -0.4 is 11.3 Å². The molecule has 0 fully saturated rings. The first-order chi connectivity index (χ1) is 9.01. The monoisotopic (exact) mass is 314 g/mol. The lowest BCUT2D eigenvalue weighted by Gasteiger charge is -2.16. The van der Waals surface area contributed by atoms with Crippen molar-refractivity contribution in [1.29, 1.82) is 0 Å². The van der Waals surface area contributed by atoms with Crippen LogP contribution in [0.1, 0.15) is 28.3 Å². The fourth-order valence-electron chi connectivity index (χ4n) is 2.02. The lowest BCUT2D eigenvalue weighted by molar-refractivity contribution is 0.553. The Morgan fingerprint density at radius 2 is 1.95 bits per heavy atom. The van der Waals surface area contributed by atoms with Gasteiger partial charge in [-0.3, -0.25) is 11.3 Å². The van der Waals surface area contributed by atoms with E-state index in [4.69, 9.17) is 29.0 Å². The van der Waals surface area contributed by atoms with Crippen LogP contribution in [0.4, 0.5) is 0 Å². The number of nitrogens with one attached hydrogen (secondary N) is 1. The quantitative estimate of drug-likeness (QED) is 0.647. The molecule has 5 heteroatoms. The zero-order valence-corrected chi connectivity index (χ0v) is 13.2. The summed E-state index contributed by atoms with van der Waals surface area (Å²) in [6.45, 7) is 4.21. The molecule has 0 radical (unpaired) electrons. The van der Waals surface area contributed by atoms with Crippen molar-refractivity contribution >= 4 is 34.5 Å². The van der Waals surface area contributed by atoms with E-state index < -0.39 is 0 Å². The van der Waals surface area contributed by atoms with Gasteiger partial charge >= 0.3 is 0 Å². The predicted octanol–water partition coefficient (Wildman–Crippen LogP) is 4.42. The molecule has 1 atom stereocenters. The summed E-state index contributed by atoms with van der Waals surface area (Å²) in [5.41, 5.74) is 7.57. The van der Waals surface area contributed by atoms with Crippen molar-refractivity contribution in [3.05, 3.63) is 55.2 Å². The smallest absolute Gasteiger partial charge is 0.0992 e. The first-order valence-corrected chi connectivity index (χ1v) is 7.55. The maximum atomic E-state index is 6.18. The van der Waals surface area contributed by atoms with E-state index in [0.29, 0.717) is 8.67 Å². The van der Waals surface area contributed by atoms with Crippen LogP contribution >= 0.6 is 34.5 Å². The van der Waals surface area contributed by atoms with Crippen molar-refractivity contribution in [2.45, 2.75) is 26.3 Å². The topological polar surface area (TPSA) is 38.0 Å². The van der Waals surface area contributed by atoms with Gasteiger partial charge in [0, 0.05) is 5.56 Å². The Labute approximate surface area is 127 Å². The summed E-state index contributed by atoms with van der Waals surface area (Å²) in [7, 11) is 0. The zero-order valence-electron chi connectivity index (χ0n) is 10.8. The minimum Gasteiger partial charge on any atom is -0.271 e. The van der Waals surface area contributed by atoms with Crippen LogP contribution in [0.3, 0.4) is 0 Å². The highest BCUT2D eigenvalue weighted by Gasteiger charge is 2.17. The first kappa shape index (κ1) is 14.8. The molecule has 0 aliphatic carbocycles. The summed E-state index contributed by atoms with van der Waals surface area (Å²) in [4.78, 5) is 0. The molecule has 2 aromatic rings. The van der Waals surface area contributed by atoms with Crippen molar-refractivity contribution in [3.8, 4) is 0 Å². The SMILES string of the molecule is Cc1ccc(CC(NN)c2cc(Cl)sc2Cl)cc1C. The van der Waals surface area contributed by atoms with Gasteiger partial charge < -0.3 is 0 Å². The molecule has 0 saturated carbocycles. The summed E-state index contributed by atoms with van der Waals surface area (Å²) < 4.78 is 1.37. The Bertz CT molecular complexity index is 581. The molecule has 0 saturated heterocycles. The van der Waals surface area contributed by atoms with Crippen LogP contribution in [-0.4, -0.2) is 0 Å². The van der Waals surface area contributed by atoms with Crippen LogP contribution in [0.5, 0.6) is 0 Å². The highest BCUT2D eigenvalue weighted by Crippen LogP contribution is 2.35. The number of hydrogen-bond donors (Lipinski definition) is 2. The van der Waals surface area contributed by atoms with Crippen LogP contribution in [-0.2, 0) is 6.42 Å². The van der Waals surface area contributed by atoms with Gasteiger partial charge in [0.1, 0.15) is 0 Å². The second-order valence-electron chi connectivity index (χ2n) is 4.62. The third-order valence-corrected chi connectivity index (χ3v) is 4.79. The molecular weight excluding hydrogens is 299 g/mol. The third-order valence-electron chi connectivity index (χ3n) is 3.27. The summed E-state index contributed by atoms with van der Waals surface area (Å²) >= 11 is 13.5. The van der Waals surface area contributed by atoms with Gasteiger partial charge in [-0.2, -0.15) is 0 Å². The van der Waals surface area contributed by atoms with Gasteiger partial charge in [-0.05, 0) is 43.0 Å². The Balaban J connectivity index is 2.23. The molecule has 0 spiro atoms. The number of aryl methyl sites for hydroxylation is 2. The Kier molecular flexibility index (Phi) is 4.87. The fourth-order valence-corrected chi connectivity index (χ4v) is 3.59. The lowest BCUT2D eigenvalue weighted by Crippen LogP contribution is -2.29. The Morgan fingerprint density at radius 1 is 1.21 bits per heavy atom. The molecule has 1 aromatic carbocycles. The minimum absolute atomic E-state index is 0.0293. The number of halogens is 2. The van der Waals surface area contributed by atoms with E-state index in [1.54, 1.807) is 0 Å². The molecule has 19 heavy (non-hydrogen) atoms. The first-order valence-electron chi connectivity index (χ1n) is 5.98. The summed E-state index contributed by atoms with van der Waals surface area (Å²) in [6.07, 6.45) is 0.782. The van der Waals surface area contributed by atoms with Crippen molar-refractivity contribution in [2.24, 2.45) is 5.84 Å². The van der Waals surface area contributed by atoms with E-state index in [9.17, 15) is 0 Å². The molecule has 3 N–H and O–H groups in total. The molecule has 1 heterocycles. The number of rotatable bonds is 4. The average molecular weight is 315 g/mol. The van der Waals surface area contributed by atoms with Crippen molar-refractivity contribution in [3.63, 3.8) is 0 Å². The van der Waals surface area contributed by atoms with E-state index >= 15 is 0 Å². The second kappa shape index (κ2) is 6.25. The molecule has 0 amide bonds. The minimum atomic E-state index is -0.0293. The molecule has 1 unspecified atom stereocenters. The van der Waals surface area contributed by atoms with Gasteiger partial charge in [-0.15, -0.1) is 11.3 Å². The summed E-state index contributed by atoms with van der Waals surface area (Å²) in [6, 6.07) is 8.27. The van der Waals surface area contributed by atoms with Crippen LogP contribution in [0, 0.1) is 13.8 Å². The third kappa shape index (κ3) is 3.50. The molecule has 0 aliphatic rings. The predicted molar refractivity (Wildman–Crippen MR) is 84.0 cm³/mol. The highest BCUT2D eigenvalue weighted by atomic mass is 35.5. The van der Waals surface area contributed by atoms with Crippen molar-refractivity contribution in [1.82, 2.24) is 5.43 Å². The van der Waals surface area contributed by atoms with Crippen LogP contribution in [0.2, 0.25) is 8.67 Å². The molecule has 102 valence electrons. The number of nitrogens with two attached hydrogens (primary N) is 1. The molecular formula is C14H16Cl2N2S. The lowest BCUT2D eigenvalue weighted by atomic mass is 9.98. The van der Waals surface area contributed by atoms with E-state index in [-0.39, 0.29) is 6.04 Å². The highest BCUT2D eigenvalue weighted by molar-refractivity contribution is 7.20. The maximum absolute atomic E-state index is 6.18. The van der Waals surface area contributed by atoms with E-state index in [1.807, 2.05) is 6.07 Å². The van der Waals surface area contributed by atoms with Gasteiger partial charge in [0.2, 0.25) is 0 Å². The van der Waals surface area contributed by atoms with Crippen molar-refractivity contribution < 1.29 is 0 Å².